The molecule has 4 heteroatoms. The Bertz CT molecular complexity index is 926. The van der Waals surface area contributed by atoms with Crippen molar-refractivity contribution in [3.63, 3.8) is 0 Å². The van der Waals surface area contributed by atoms with Crippen LogP contribution >= 0.6 is 0 Å². The van der Waals surface area contributed by atoms with Crippen LogP contribution in [-0.2, 0) is 4.79 Å². The van der Waals surface area contributed by atoms with Crippen molar-refractivity contribution < 1.29 is 4.79 Å². The number of Topliss-reactive ketones (excluding diaryl/α,β-unsaturated/α-hetero) is 1. The highest BCUT2D eigenvalue weighted by Gasteiger charge is 2.24. The van der Waals surface area contributed by atoms with E-state index in [0.29, 0.717) is 13.1 Å². The molecule has 0 aromatic heterocycles. The van der Waals surface area contributed by atoms with Crippen LogP contribution in [0.4, 0.5) is 11.4 Å². The molecule has 0 aliphatic carbocycles. The van der Waals surface area contributed by atoms with E-state index in [1.54, 1.807) is 0 Å². The first-order chi connectivity index (χ1) is 15.7. The monoisotopic (exact) mass is 427 g/mol. The first kappa shape index (κ1) is 21.0. The predicted molar refractivity (Wildman–Crippen MR) is 134 cm³/mol. The number of likely N-dealkylation sites (tertiary alicyclic amines) is 1. The Labute approximate surface area is 191 Å². The summed E-state index contributed by atoms with van der Waals surface area (Å²) in [7, 11) is 2.08. The van der Waals surface area contributed by atoms with Gasteiger partial charge in [-0.15, -0.1) is 0 Å². The molecule has 3 aliphatic heterocycles. The van der Waals surface area contributed by atoms with Crippen LogP contribution in [0, 0.1) is 0 Å². The van der Waals surface area contributed by atoms with Crippen molar-refractivity contribution >= 4 is 29.3 Å². The summed E-state index contributed by atoms with van der Waals surface area (Å²) in [5.74, 6) is 0.176. The van der Waals surface area contributed by atoms with Gasteiger partial charge in [0.2, 0.25) is 0 Å². The number of likely N-dealkylation sites (N-methyl/N-ethyl adjacent to an activating group) is 1. The molecule has 0 atom stereocenters. The van der Waals surface area contributed by atoms with Gasteiger partial charge in [-0.25, -0.2) is 0 Å². The van der Waals surface area contributed by atoms with Gasteiger partial charge >= 0.3 is 0 Å². The predicted octanol–water partition coefficient (Wildman–Crippen LogP) is 4.87. The lowest BCUT2D eigenvalue weighted by atomic mass is 9.94. The smallest absolute Gasteiger partial charge is 0.187 e. The molecule has 2 aromatic rings. The van der Waals surface area contributed by atoms with Crippen LogP contribution in [0.1, 0.15) is 36.8 Å². The van der Waals surface area contributed by atoms with Crippen LogP contribution in [0.3, 0.4) is 0 Å². The number of nitrogens with zero attached hydrogens (tertiary/aromatic N) is 3. The van der Waals surface area contributed by atoms with E-state index < -0.39 is 0 Å². The Kier molecular flexibility index (Phi) is 6.13. The van der Waals surface area contributed by atoms with Gasteiger partial charge in [0.1, 0.15) is 0 Å². The van der Waals surface area contributed by atoms with Crippen LogP contribution in [0.5, 0.6) is 0 Å². The highest BCUT2D eigenvalue weighted by molar-refractivity contribution is 6.14. The van der Waals surface area contributed by atoms with Gasteiger partial charge in [0.15, 0.2) is 5.78 Å². The van der Waals surface area contributed by atoms with E-state index in [9.17, 15) is 4.79 Å². The molecule has 0 bridgehead atoms. The third kappa shape index (κ3) is 4.66. The Morgan fingerprint density at radius 3 is 1.38 bits per heavy atom. The molecule has 4 nitrogen and oxygen atoms in total. The van der Waals surface area contributed by atoms with E-state index >= 15 is 0 Å². The summed E-state index contributed by atoms with van der Waals surface area (Å²) in [6.45, 7) is 5.98. The summed E-state index contributed by atoms with van der Waals surface area (Å²) in [4.78, 5) is 20.3. The third-order valence-corrected chi connectivity index (χ3v) is 6.87. The molecule has 0 spiro atoms. The summed E-state index contributed by atoms with van der Waals surface area (Å²) in [5.41, 5.74) is 6.51. The van der Waals surface area contributed by atoms with Crippen molar-refractivity contribution in [2.45, 2.75) is 25.7 Å². The van der Waals surface area contributed by atoms with Gasteiger partial charge in [-0.2, -0.15) is 0 Å². The molecule has 3 fully saturated rings. The zero-order chi connectivity index (χ0) is 21.9. The molecular formula is C28H33N3O. The number of carbonyl (C=O) groups is 1. The fourth-order valence-corrected chi connectivity index (χ4v) is 5.13. The topological polar surface area (TPSA) is 26.8 Å². The summed E-state index contributed by atoms with van der Waals surface area (Å²) < 4.78 is 0. The second-order valence-electron chi connectivity index (χ2n) is 9.41. The van der Waals surface area contributed by atoms with E-state index in [4.69, 9.17) is 0 Å². The minimum atomic E-state index is 0.176. The quantitative estimate of drug-likeness (QED) is 0.651. The van der Waals surface area contributed by atoms with Gasteiger partial charge in [-0.1, -0.05) is 24.3 Å². The molecule has 0 radical (unpaired) electrons. The van der Waals surface area contributed by atoms with E-state index in [0.717, 1.165) is 48.5 Å². The number of carbonyl (C=O) groups excluding carboxylic acids is 1. The van der Waals surface area contributed by atoms with Crippen molar-refractivity contribution in [2.24, 2.45) is 0 Å². The highest BCUT2D eigenvalue weighted by atomic mass is 16.1. The molecule has 2 aromatic carbocycles. The largest absolute Gasteiger partial charge is 0.372 e. The molecule has 166 valence electrons. The highest BCUT2D eigenvalue weighted by Crippen LogP contribution is 2.25. The SMILES string of the molecule is CN1C/C(=C/c2ccc(N3CCCC3)cc2)C(=O)/C(=C/c2ccc(N3CCCC3)cc2)C1. The summed E-state index contributed by atoms with van der Waals surface area (Å²) in [6.07, 6.45) is 9.25. The van der Waals surface area contributed by atoms with Crippen LogP contribution < -0.4 is 9.80 Å². The molecule has 5 rings (SSSR count). The van der Waals surface area contributed by atoms with E-state index in [-0.39, 0.29) is 5.78 Å². The average molecular weight is 428 g/mol. The number of hydrogen-bond donors (Lipinski definition) is 0. The van der Waals surface area contributed by atoms with E-state index in [2.05, 4.69) is 82.4 Å². The van der Waals surface area contributed by atoms with Crippen LogP contribution in [-0.4, -0.2) is 57.0 Å². The van der Waals surface area contributed by atoms with Gasteiger partial charge in [0.05, 0.1) is 0 Å². The molecule has 0 N–H and O–H groups in total. The standard InChI is InChI=1S/C28H33N3O/c1-29-20-24(18-22-6-10-26(11-7-22)30-14-2-3-15-30)28(32)25(21-29)19-23-8-12-27(13-9-23)31-16-4-5-17-31/h6-13,18-19H,2-5,14-17,20-21H2,1H3/b24-18-,25-19+. The third-order valence-electron chi connectivity index (χ3n) is 6.87. The molecule has 0 saturated carbocycles. The number of rotatable bonds is 4. The van der Waals surface area contributed by atoms with Crippen molar-refractivity contribution in [3.8, 4) is 0 Å². The number of piperidine rings is 1. The first-order valence-corrected chi connectivity index (χ1v) is 12.0. The van der Waals surface area contributed by atoms with E-state index in [1.165, 1.54) is 37.1 Å². The molecule has 3 saturated heterocycles. The van der Waals surface area contributed by atoms with Gasteiger partial charge in [-0.3, -0.25) is 9.69 Å². The second kappa shape index (κ2) is 9.33. The van der Waals surface area contributed by atoms with Gasteiger partial charge in [-0.05, 0) is 80.3 Å². The Hall–Kier alpha value is -2.85. The lowest BCUT2D eigenvalue weighted by Gasteiger charge is -2.26. The van der Waals surface area contributed by atoms with Crippen LogP contribution in [0.15, 0.2) is 59.7 Å². The lowest BCUT2D eigenvalue weighted by molar-refractivity contribution is -0.113. The fourth-order valence-electron chi connectivity index (χ4n) is 5.13. The number of hydrogen-bond acceptors (Lipinski definition) is 4. The fraction of sp³-hybridized carbons (Fsp3) is 0.393. The minimum absolute atomic E-state index is 0.176. The van der Waals surface area contributed by atoms with E-state index in [1.807, 2.05) is 0 Å². The number of anilines is 2. The van der Waals surface area contributed by atoms with Gasteiger partial charge < -0.3 is 9.80 Å². The number of ketones is 1. The summed E-state index contributed by atoms with van der Waals surface area (Å²) >= 11 is 0. The Morgan fingerprint density at radius 1 is 0.625 bits per heavy atom. The zero-order valence-electron chi connectivity index (χ0n) is 19.1. The van der Waals surface area contributed by atoms with Crippen molar-refractivity contribution in [2.75, 3.05) is 56.1 Å². The normalized spacial score (nSPS) is 22.5. The summed E-state index contributed by atoms with van der Waals surface area (Å²) in [5, 5.41) is 0. The lowest BCUT2D eigenvalue weighted by Crippen LogP contribution is -2.34. The molecular weight excluding hydrogens is 394 g/mol. The van der Waals surface area contributed by atoms with Crippen molar-refractivity contribution in [3.05, 3.63) is 70.8 Å². The van der Waals surface area contributed by atoms with Crippen molar-refractivity contribution in [1.82, 2.24) is 4.90 Å². The Balaban J connectivity index is 1.33. The molecule has 0 unspecified atom stereocenters. The second-order valence-corrected chi connectivity index (χ2v) is 9.41. The molecule has 3 heterocycles. The maximum Gasteiger partial charge on any atom is 0.187 e. The van der Waals surface area contributed by atoms with Crippen LogP contribution in [0.2, 0.25) is 0 Å². The maximum atomic E-state index is 13.3. The molecule has 3 aliphatic rings. The number of benzene rings is 2. The molecule has 0 amide bonds. The van der Waals surface area contributed by atoms with Gasteiger partial charge in [0, 0.05) is 61.8 Å². The van der Waals surface area contributed by atoms with Crippen LogP contribution in [0.25, 0.3) is 12.2 Å². The van der Waals surface area contributed by atoms with Gasteiger partial charge in [0.25, 0.3) is 0 Å². The minimum Gasteiger partial charge on any atom is -0.372 e. The first-order valence-electron chi connectivity index (χ1n) is 12.0. The average Bonchev–Trinajstić information content (AvgIpc) is 3.53. The van der Waals surface area contributed by atoms with Crippen molar-refractivity contribution in [1.29, 1.82) is 0 Å². The Morgan fingerprint density at radius 2 is 1.00 bits per heavy atom. The zero-order valence-corrected chi connectivity index (χ0v) is 19.1. The maximum absolute atomic E-state index is 13.3. The molecule has 32 heavy (non-hydrogen) atoms. The summed E-state index contributed by atoms with van der Waals surface area (Å²) in [6, 6.07) is 17.3.